The van der Waals surface area contributed by atoms with E-state index in [0.717, 1.165) is 30.8 Å². The molecule has 0 saturated carbocycles. The number of halogens is 1. The van der Waals surface area contributed by atoms with Gasteiger partial charge < -0.3 is 19.2 Å². The van der Waals surface area contributed by atoms with Gasteiger partial charge in [-0.05, 0) is 60.5 Å². The highest BCUT2D eigenvalue weighted by Gasteiger charge is 2.26. The molecule has 0 radical (unpaired) electrons. The molecule has 1 saturated heterocycles. The molecule has 0 spiro atoms. The maximum Gasteiger partial charge on any atom is 0.287 e. The monoisotopic (exact) mass is 532 g/mol. The Morgan fingerprint density at radius 3 is 2.42 bits per heavy atom. The third-order valence-corrected chi connectivity index (χ3v) is 7.77. The number of ether oxygens (including phenoxy) is 2. The number of nitrogens with zero attached hydrogens (tertiary/aromatic N) is 1. The minimum atomic E-state index is -3.91. The standard InChI is InChI=1S/C26H29ClN2O6S/c1-2-15-34-21-7-3-19(4-8-21)23(29-13-16-33-17-14-29)18-28-26(30)24-11-12-25(35-24)36(31,32)22-9-5-20(27)6-10-22/h3-12,23H,2,13-18H2,1H3,(H,28,30). The summed E-state index contributed by atoms with van der Waals surface area (Å²) in [5.41, 5.74) is 1.03. The van der Waals surface area contributed by atoms with Crippen LogP contribution in [-0.2, 0) is 14.6 Å². The van der Waals surface area contributed by atoms with E-state index in [0.29, 0.717) is 31.4 Å². The molecule has 0 aliphatic carbocycles. The summed E-state index contributed by atoms with van der Waals surface area (Å²) in [7, 11) is -3.91. The van der Waals surface area contributed by atoms with Crippen LogP contribution in [-0.4, -0.2) is 58.7 Å². The van der Waals surface area contributed by atoms with Gasteiger partial charge in [-0.25, -0.2) is 8.42 Å². The van der Waals surface area contributed by atoms with Crippen molar-refractivity contribution in [3.63, 3.8) is 0 Å². The molecular formula is C26H29ClN2O6S. The van der Waals surface area contributed by atoms with Crippen molar-refractivity contribution < 1.29 is 27.1 Å². The Hall–Kier alpha value is -2.85. The van der Waals surface area contributed by atoms with Gasteiger partial charge in [-0.2, -0.15) is 0 Å². The first kappa shape index (κ1) is 26.2. The highest BCUT2D eigenvalue weighted by Crippen LogP contribution is 2.26. The number of carbonyl (C=O) groups excluding carboxylic acids is 1. The molecule has 1 amide bonds. The van der Waals surface area contributed by atoms with Crippen LogP contribution in [0.4, 0.5) is 0 Å². The fourth-order valence-corrected chi connectivity index (χ4v) is 5.25. The smallest absolute Gasteiger partial charge is 0.287 e. The zero-order chi connectivity index (χ0) is 25.5. The van der Waals surface area contributed by atoms with Crippen molar-refractivity contribution in [3.05, 3.63) is 77.0 Å². The summed E-state index contributed by atoms with van der Waals surface area (Å²) >= 11 is 5.85. The van der Waals surface area contributed by atoms with Crippen LogP contribution in [0.2, 0.25) is 5.02 Å². The molecule has 1 fully saturated rings. The first-order chi connectivity index (χ1) is 17.4. The van der Waals surface area contributed by atoms with E-state index in [-0.39, 0.29) is 21.8 Å². The molecule has 10 heteroatoms. The summed E-state index contributed by atoms with van der Waals surface area (Å²) < 4.78 is 42.3. The molecule has 36 heavy (non-hydrogen) atoms. The van der Waals surface area contributed by atoms with Crippen molar-refractivity contribution >= 4 is 27.3 Å². The van der Waals surface area contributed by atoms with Gasteiger partial charge in [0.1, 0.15) is 5.75 Å². The van der Waals surface area contributed by atoms with E-state index >= 15 is 0 Å². The normalized spacial score (nSPS) is 15.4. The predicted octanol–water partition coefficient (Wildman–Crippen LogP) is 4.36. The fourth-order valence-electron chi connectivity index (χ4n) is 3.95. The summed E-state index contributed by atoms with van der Waals surface area (Å²) in [6, 6.07) is 16.2. The van der Waals surface area contributed by atoms with Crippen LogP contribution in [0.1, 0.15) is 35.5 Å². The van der Waals surface area contributed by atoms with Gasteiger partial charge in [-0.1, -0.05) is 30.7 Å². The first-order valence-corrected chi connectivity index (χ1v) is 13.7. The first-order valence-electron chi connectivity index (χ1n) is 11.8. The minimum Gasteiger partial charge on any atom is -0.494 e. The van der Waals surface area contributed by atoms with E-state index in [1.807, 2.05) is 24.3 Å². The lowest BCUT2D eigenvalue weighted by atomic mass is 10.0. The molecule has 1 aliphatic heterocycles. The van der Waals surface area contributed by atoms with Gasteiger partial charge in [0.25, 0.3) is 5.91 Å². The van der Waals surface area contributed by atoms with Crippen LogP contribution in [0.15, 0.2) is 75.1 Å². The number of nitrogens with one attached hydrogen (secondary N) is 1. The number of hydrogen-bond donors (Lipinski definition) is 1. The summed E-state index contributed by atoms with van der Waals surface area (Å²) in [6.45, 7) is 5.73. The number of rotatable bonds is 10. The number of hydrogen-bond acceptors (Lipinski definition) is 7. The molecule has 192 valence electrons. The quantitative estimate of drug-likeness (QED) is 0.414. The Balaban J connectivity index is 1.46. The van der Waals surface area contributed by atoms with Gasteiger partial charge in [0.05, 0.1) is 30.8 Å². The average molecular weight is 533 g/mol. The Morgan fingerprint density at radius 1 is 1.06 bits per heavy atom. The second-order valence-electron chi connectivity index (χ2n) is 8.37. The van der Waals surface area contributed by atoms with E-state index in [4.69, 9.17) is 25.5 Å². The number of amides is 1. The Bertz CT molecular complexity index is 1250. The number of carbonyl (C=O) groups is 1. The highest BCUT2D eigenvalue weighted by molar-refractivity contribution is 7.91. The van der Waals surface area contributed by atoms with E-state index in [1.54, 1.807) is 0 Å². The summed E-state index contributed by atoms with van der Waals surface area (Å²) in [6.07, 6.45) is 0.930. The number of sulfone groups is 1. The van der Waals surface area contributed by atoms with Crippen molar-refractivity contribution in [2.75, 3.05) is 39.5 Å². The van der Waals surface area contributed by atoms with Crippen LogP contribution in [0.5, 0.6) is 5.75 Å². The van der Waals surface area contributed by atoms with Crippen LogP contribution < -0.4 is 10.1 Å². The van der Waals surface area contributed by atoms with E-state index in [1.165, 1.54) is 36.4 Å². The number of furan rings is 1. The molecule has 1 N–H and O–H groups in total. The summed E-state index contributed by atoms with van der Waals surface area (Å²) in [5.74, 6) is 0.232. The minimum absolute atomic E-state index is 0.0342. The zero-order valence-corrected chi connectivity index (χ0v) is 21.6. The van der Waals surface area contributed by atoms with Crippen LogP contribution in [0, 0.1) is 0 Å². The van der Waals surface area contributed by atoms with Gasteiger partial charge in [0.2, 0.25) is 14.9 Å². The molecule has 3 aromatic rings. The van der Waals surface area contributed by atoms with Crippen molar-refractivity contribution in [3.8, 4) is 5.75 Å². The lowest BCUT2D eigenvalue weighted by Gasteiger charge is -2.35. The van der Waals surface area contributed by atoms with E-state index in [2.05, 4.69) is 17.1 Å². The molecule has 1 unspecified atom stereocenters. The Morgan fingerprint density at radius 2 is 1.75 bits per heavy atom. The predicted molar refractivity (Wildman–Crippen MR) is 135 cm³/mol. The summed E-state index contributed by atoms with van der Waals surface area (Å²) in [4.78, 5) is 15.2. The molecule has 2 heterocycles. The SMILES string of the molecule is CCCOc1ccc(C(CNC(=O)c2ccc(S(=O)(=O)c3ccc(Cl)cc3)o2)N2CCOCC2)cc1. The molecule has 1 aromatic heterocycles. The zero-order valence-electron chi connectivity index (χ0n) is 20.0. The topological polar surface area (TPSA) is 98.1 Å². The van der Waals surface area contributed by atoms with Crippen molar-refractivity contribution in [1.82, 2.24) is 10.2 Å². The maximum absolute atomic E-state index is 12.9. The molecular weight excluding hydrogens is 504 g/mol. The molecule has 4 rings (SSSR count). The van der Waals surface area contributed by atoms with Crippen molar-refractivity contribution in [2.24, 2.45) is 0 Å². The van der Waals surface area contributed by atoms with Crippen molar-refractivity contribution in [2.45, 2.75) is 29.4 Å². The third-order valence-electron chi connectivity index (χ3n) is 5.87. The molecule has 8 nitrogen and oxygen atoms in total. The van der Waals surface area contributed by atoms with E-state index < -0.39 is 15.7 Å². The third kappa shape index (κ3) is 6.28. The van der Waals surface area contributed by atoms with Crippen LogP contribution in [0.25, 0.3) is 0 Å². The second kappa shape index (κ2) is 11.9. The average Bonchev–Trinajstić information content (AvgIpc) is 3.41. The van der Waals surface area contributed by atoms with Crippen LogP contribution in [0.3, 0.4) is 0 Å². The van der Waals surface area contributed by atoms with E-state index in [9.17, 15) is 13.2 Å². The van der Waals surface area contributed by atoms with Gasteiger partial charge >= 0.3 is 0 Å². The molecule has 1 aliphatic rings. The van der Waals surface area contributed by atoms with Crippen molar-refractivity contribution in [1.29, 1.82) is 0 Å². The largest absolute Gasteiger partial charge is 0.494 e. The number of morpholine rings is 1. The number of benzene rings is 2. The highest BCUT2D eigenvalue weighted by atomic mass is 35.5. The van der Waals surface area contributed by atoms with Gasteiger partial charge in [-0.3, -0.25) is 9.69 Å². The second-order valence-corrected chi connectivity index (χ2v) is 10.7. The Labute approximate surface area is 216 Å². The molecule has 0 bridgehead atoms. The lowest BCUT2D eigenvalue weighted by molar-refractivity contribution is 0.0161. The maximum atomic E-state index is 12.9. The van der Waals surface area contributed by atoms with Gasteiger partial charge in [0.15, 0.2) is 5.76 Å². The molecule has 1 atom stereocenters. The summed E-state index contributed by atoms with van der Waals surface area (Å²) in [5, 5.41) is 3.02. The fraction of sp³-hybridized carbons (Fsp3) is 0.346. The Kier molecular flexibility index (Phi) is 8.68. The van der Waals surface area contributed by atoms with Gasteiger partial charge in [0, 0.05) is 24.7 Å². The lowest BCUT2D eigenvalue weighted by Crippen LogP contribution is -2.43. The molecule has 2 aromatic carbocycles. The van der Waals surface area contributed by atoms with Crippen LogP contribution >= 0.6 is 11.6 Å². The van der Waals surface area contributed by atoms with Gasteiger partial charge in [-0.15, -0.1) is 0 Å².